The quantitative estimate of drug-likeness (QED) is 0.894. The Labute approximate surface area is 109 Å². The number of hydrogen-bond acceptors (Lipinski definition) is 3. The number of hydrogen-bond donors (Lipinski definition) is 1. The molecule has 0 aliphatic rings. The fourth-order valence-electron chi connectivity index (χ4n) is 1.60. The summed E-state index contributed by atoms with van der Waals surface area (Å²) in [6, 6.07) is 0. The summed E-state index contributed by atoms with van der Waals surface area (Å²) in [6.07, 6.45) is 0.876. The summed E-state index contributed by atoms with van der Waals surface area (Å²) >= 11 is 1.71. The molecule has 0 amide bonds. The summed E-state index contributed by atoms with van der Waals surface area (Å²) < 4.78 is 0. The van der Waals surface area contributed by atoms with E-state index in [9.17, 15) is 5.11 Å². The third-order valence-electron chi connectivity index (χ3n) is 3.19. The molecule has 0 saturated carbocycles. The molecule has 3 heteroatoms. The number of thiazole rings is 1. The fourth-order valence-corrected chi connectivity index (χ4v) is 2.71. The Morgan fingerprint density at radius 3 is 2.18 bits per heavy atom. The van der Waals surface area contributed by atoms with Crippen molar-refractivity contribution in [1.82, 2.24) is 4.98 Å². The van der Waals surface area contributed by atoms with Crippen molar-refractivity contribution in [3.63, 3.8) is 0 Å². The van der Waals surface area contributed by atoms with Crippen molar-refractivity contribution in [2.24, 2.45) is 11.3 Å². The second-order valence-corrected chi connectivity index (χ2v) is 7.77. The monoisotopic (exact) mass is 255 g/mol. The second kappa shape index (κ2) is 5.07. The Kier molecular flexibility index (Phi) is 4.37. The van der Waals surface area contributed by atoms with Gasteiger partial charge < -0.3 is 5.11 Å². The topological polar surface area (TPSA) is 33.1 Å². The first-order chi connectivity index (χ1) is 7.64. The summed E-state index contributed by atoms with van der Waals surface area (Å²) in [5.74, 6) is 0.279. The van der Waals surface area contributed by atoms with Crippen molar-refractivity contribution >= 4 is 11.3 Å². The van der Waals surface area contributed by atoms with Gasteiger partial charge in [0.05, 0.1) is 10.7 Å². The van der Waals surface area contributed by atoms with E-state index in [1.165, 1.54) is 0 Å². The number of nitrogens with zero attached hydrogens (tertiary/aromatic N) is 1. The third-order valence-corrected chi connectivity index (χ3v) is 4.06. The minimum atomic E-state index is 0.116. The van der Waals surface area contributed by atoms with Crippen LogP contribution in [0.3, 0.4) is 0 Å². The van der Waals surface area contributed by atoms with Crippen LogP contribution in [0.25, 0.3) is 0 Å². The summed E-state index contributed by atoms with van der Waals surface area (Å²) in [5, 5.41) is 12.8. The van der Waals surface area contributed by atoms with Crippen molar-refractivity contribution in [3.8, 4) is 0 Å². The van der Waals surface area contributed by atoms with Crippen molar-refractivity contribution in [2.45, 2.75) is 53.4 Å². The fraction of sp³-hybridized carbons (Fsp3) is 0.786. The van der Waals surface area contributed by atoms with Crippen LogP contribution in [0.15, 0.2) is 5.38 Å². The molecule has 0 aromatic carbocycles. The zero-order valence-electron chi connectivity index (χ0n) is 11.9. The number of aliphatic hydroxyl groups excluding tert-OH is 1. The molecule has 0 fully saturated rings. The van der Waals surface area contributed by atoms with Crippen LogP contribution in [0.5, 0.6) is 0 Å². The maximum absolute atomic E-state index is 9.47. The van der Waals surface area contributed by atoms with E-state index in [2.05, 4.69) is 46.9 Å². The van der Waals surface area contributed by atoms with Gasteiger partial charge in [-0.05, 0) is 11.3 Å². The van der Waals surface area contributed by atoms with E-state index < -0.39 is 0 Å². The van der Waals surface area contributed by atoms with Gasteiger partial charge in [0, 0.05) is 23.8 Å². The normalized spacial score (nSPS) is 15.0. The highest BCUT2D eigenvalue weighted by molar-refractivity contribution is 7.09. The lowest BCUT2D eigenvalue weighted by Crippen LogP contribution is -2.26. The van der Waals surface area contributed by atoms with Crippen LogP contribution in [0.4, 0.5) is 0 Å². The van der Waals surface area contributed by atoms with Gasteiger partial charge in [0.1, 0.15) is 0 Å². The molecule has 1 heterocycles. The van der Waals surface area contributed by atoms with Gasteiger partial charge in [0.25, 0.3) is 0 Å². The Bertz CT molecular complexity index is 357. The Morgan fingerprint density at radius 2 is 1.82 bits per heavy atom. The van der Waals surface area contributed by atoms with Crippen molar-refractivity contribution < 1.29 is 5.11 Å². The van der Waals surface area contributed by atoms with Gasteiger partial charge in [-0.15, -0.1) is 11.3 Å². The lowest BCUT2D eigenvalue weighted by molar-refractivity contribution is 0.131. The highest BCUT2D eigenvalue weighted by Crippen LogP contribution is 2.31. The molecule has 0 radical (unpaired) electrons. The highest BCUT2D eigenvalue weighted by atomic mass is 32.1. The maximum atomic E-state index is 9.47. The SMILES string of the molecule is CC(C)(C)c1csc(CC(CO)C(C)(C)C)n1. The summed E-state index contributed by atoms with van der Waals surface area (Å²) in [7, 11) is 0. The highest BCUT2D eigenvalue weighted by Gasteiger charge is 2.26. The molecule has 1 unspecified atom stereocenters. The van der Waals surface area contributed by atoms with E-state index >= 15 is 0 Å². The first-order valence-corrected chi connectivity index (χ1v) is 7.08. The van der Waals surface area contributed by atoms with E-state index in [1.54, 1.807) is 11.3 Å². The zero-order chi connectivity index (χ0) is 13.3. The van der Waals surface area contributed by atoms with Gasteiger partial charge in [-0.3, -0.25) is 0 Å². The maximum Gasteiger partial charge on any atom is 0.0932 e. The number of aliphatic hydroxyl groups is 1. The van der Waals surface area contributed by atoms with Crippen LogP contribution in [-0.2, 0) is 11.8 Å². The van der Waals surface area contributed by atoms with Crippen LogP contribution in [-0.4, -0.2) is 16.7 Å². The predicted molar refractivity (Wildman–Crippen MR) is 74.5 cm³/mol. The van der Waals surface area contributed by atoms with Crippen molar-refractivity contribution in [1.29, 1.82) is 0 Å². The van der Waals surface area contributed by atoms with E-state index in [4.69, 9.17) is 4.98 Å². The van der Waals surface area contributed by atoms with Crippen LogP contribution >= 0.6 is 11.3 Å². The van der Waals surface area contributed by atoms with Crippen LogP contribution in [0, 0.1) is 11.3 Å². The molecule has 1 rings (SSSR count). The summed E-state index contributed by atoms with van der Waals surface area (Å²) in [5.41, 5.74) is 1.40. The molecule has 1 aromatic rings. The summed E-state index contributed by atoms with van der Waals surface area (Å²) in [6.45, 7) is 13.3. The van der Waals surface area contributed by atoms with Crippen molar-refractivity contribution in [2.75, 3.05) is 6.61 Å². The van der Waals surface area contributed by atoms with Crippen LogP contribution in [0.2, 0.25) is 0 Å². The average molecular weight is 255 g/mol. The van der Waals surface area contributed by atoms with Crippen LogP contribution < -0.4 is 0 Å². The molecule has 0 aliphatic carbocycles. The molecule has 98 valence electrons. The second-order valence-electron chi connectivity index (χ2n) is 6.83. The van der Waals surface area contributed by atoms with Crippen molar-refractivity contribution in [3.05, 3.63) is 16.1 Å². The predicted octanol–water partition coefficient (Wildman–Crippen LogP) is 3.64. The number of aromatic nitrogens is 1. The van der Waals surface area contributed by atoms with Gasteiger partial charge in [-0.25, -0.2) is 4.98 Å². The Morgan fingerprint density at radius 1 is 1.24 bits per heavy atom. The standard InChI is InChI=1S/C14H25NOS/c1-13(2,3)10(8-16)7-12-15-11(9-17-12)14(4,5)6/h9-10,16H,7-8H2,1-6H3. The van der Waals surface area contributed by atoms with Gasteiger partial charge in [-0.1, -0.05) is 41.5 Å². The molecule has 1 aromatic heterocycles. The minimum absolute atomic E-state index is 0.116. The van der Waals surface area contributed by atoms with Gasteiger partial charge in [-0.2, -0.15) is 0 Å². The molecular weight excluding hydrogens is 230 g/mol. The number of rotatable bonds is 3. The lowest BCUT2D eigenvalue weighted by atomic mass is 9.79. The van der Waals surface area contributed by atoms with Crippen LogP contribution in [0.1, 0.15) is 52.2 Å². The molecule has 0 bridgehead atoms. The first-order valence-electron chi connectivity index (χ1n) is 6.20. The molecule has 1 N–H and O–H groups in total. The first kappa shape index (κ1) is 14.7. The minimum Gasteiger partial charge on any atom is -0.396 e. The lowest BCUT2D eigenvalue weighted by Gasteiger charge is -2.28. The molecule has 0 saturated heterocycles. The van der Waals surface area contributed by atoms with Gasteiger partial charge in [0.15, 0.2) is 0 Å². The third kappa shape index (κ3) is 4.07. The zero-order valence-corrected chi connectivity index (χ0v) is 12.7. The van der Waals surface area contributed by atoms with Gasteiger partial charge >= 0.3 is 0 Å². The molecule has 0 aliphatic heterocycles. The van der Waals surface area contributed by atoms with E-state index in [-0.39, 0.29) is 23.4 Å². The van der Waals surface area contributed by atoms with Gasteiger partial charge in [0.2, 0.25) is 0 Å². The molecule has 2 nitrogen and oxygen atoms in total. The molecule has 0 spiro atoms. The molecule has 1 atom stereocenters. The largest absolute Gasteiger partial charge is 0.396 e. The molecular formula is C14H25NOS. The van der Waals surface area contributed by atoms with E-state index in [0.717, 1.165) is 17.1 Å². The Hall–Kier alpha value is -0.410. The van der Waals surface area contributed by atoms with E-state index in [1.807, 2.05) is 0 Å². The molecule has 17 heavy (non-hydrogen) atoms. The summed E-state index contributed by atoms with van der Waals surface area (Å²) in [4.78, 5) is 4.69. The Balaban J connectivity index is 2.79. The van der Waals surface area contributed by atoms with E-state index in [0.29, 0.717) is 0 Å². The average Bonchev–Trinajstić information content (AvgIpc) is 2.59. The smallest absolute Gasteiger partial charge is 0.0932 e.